The SMILES string of the molecule is CC(C)C[C@H]1C(=O)N(C)CCCCCCN[C@@H](Cc2ccccc2)C(=O)N[C@H](C)C(=O)N1C. The molecule has 3 atom stereocenters. The molecule has 0 saturated carbocycles. The predicted molar refractivity (Wildman–Crippen MR) is 132 cm³/mol. The summed E-state index contributed by atoms with van der Waals surface area (Å²) in [6.07, 6.45) is 5.10. The maximum Gasteiger partial charge on any atom is 0.245 e. The third kappa shape index (κ3) is 8.46. The molecule has 1 aromatic carbocycles. The van der Waals surface area contributed by atoms with Crippen molar-refractivity contribution >= 4 is 17.7 Å². The number of hydrogen-bond donors (Lipinski definition) is 2. The minimum Gasteiger partial charge on any atom is -0.344 e. The standard InChI is InChI=1S/C26H42N4O3/c1-19(2)17-23-26(33)29(4)16-12-7-6-11-15-27-22(18-21-13-9-8-10-14-21)24(31)28-20(3)25(32)30(23)5/h8-10,13-14,19-20,22-23,27H,6-7,11-12,15-18H2,1-5H3,(H,28,31)/t20-,22+,23+/m1/s1. The fourth-order valence-corrected chi connectivity index (χ4v) is 4.28. The number of nitrogens with one attached hydrogen (secondary N) is 2. The molecule has 0 unspecified atom stereocenters. The smallest absolute Gasteiger partial charge is 0.245 e. The molecule has 1 aromatic rings. The van der Waals surface area contributed by atoms with E-state index in [9.17, 15) is 14.4 Å². The van der Waals surface area contributed by atoms with Crippen LogP contribution in [0.3, 0.4) is 0 Å². The summed E-state index contributed by atoms with van der Waals surface area (Å²) in [6, 6.07) is 8.24. The summed E-state index contributed by atoms with van der Waals surface area (Å²) in [7, 11) is 3.49. The van der Waals surface area contributed by atoms with Crippen molar-refractivity contribution in [2.45, 2.75) is 77.4 Å². The van der Waals surface area contributed by atoms with Crippen LogP contribution in [0.1, 0.15) is 58.4 Å². The topological polar surface area (TPSA) is 81.8 Å². The van der Waals surface area contributed by atoms with Crippen LogP contribution < -0.4 is 10.6 Å². The van der Waals surface area contributed by atoms with Crippen molar-refractivity contribution in [3.63, 3.8) is 0 Å². The van der Waals surface area contributed by atoms with Crippen LogP contribution in [-0.4, -0.2) is 72.8 Å². The minimum absolute atomic E-state index is 0.0335. The number of rotatable bonds is 4. The first-order valence-electron chi connectivity index (χ1n) is 12.3. The van der Waals surface area contributed by atoms with Crippen molar-refractivity contribution in [2.75, 3.05) is 27.2 Å². The van der Waals surface area contributed by atoms with Crippen LogP contribution in [0.25, 0.3) is 0 Å². The van der Waals surface area contributed by atoms with E-state index >= 15 is 0 Å². The fraction of sp³-hybridized carbons (Fsp3) is 0.654. The molecule has 1 aliphatic heterocycles. The summed E-state index contributed by atoms with van der Waals surface area (Å²) >= 11 is 0. The van der Waals surface area contributed by atoms with Crippen molar-refractivity contribution in [1.29, 1.82) is 0 Å². The number of carbonyl (C=O) groups is 3. The van der Waals surface area contributed by atoms with Gasteiger partial charge in [0.05, 0.1) is 6.04 Å². The highest BCUT2D eigenvalue weighted by Gasteiger charge is 2.33. The van der Waals surface area contributed by atoms with Gasteiger partial charge in [0.25, 0.3) is 0 Å². The quantitative estimate of drug-likeness (QED) is 0.727. The van der Waals surface area contributed by atoms with E-state index in [0.717, 1.165) is 37.8 Å². The van der Waals surface area contributed by atoms with Crippen molar-refractivity contribution in [3.05, 3.63) is 35.9 Å². The molecule has 1 aliphatic rings. The Hall–Kier alpha value is -2.41. The predicted octanol–water partition coefficient (Wildman–Crippen LogP) is 2.60. The fourth-order valence-electron chi connectivity index (χ4n) is 4.28. The molecule has 1 saturated heterocycles. The van der Waals surface area contributed by atoms with Gasteiger partial charge in [-0.05, 0) is 50.6 Å². The highest BCUT2D eigenvalue weighted by Crippen LogP contribution is 2.15. The molecule has 7 nitrogen and oxygen atoms in total. The summed E-state index contributed by atoms with van der Waals surface area (Å²) in [5.74, 6) is -0.211. The molecule has 1 fully saturated rings. The Labute approximate surface area is 199 Å². The van der Waals surface area contributed by atoms with E-state index in [1.807, 2.05) is 37.4 Å². The Balaban J connectivity index is 2.21. The van der Waals surface area contributed by atoms with E-state index in [1.165, 1.54) is 4.90 Å². The molecule has 0 aliphatic carbocycles. The second-order valence-electron chi connectivity index (χ2n) is 9.70. The van der Waals surface area contributed by atoms with Gasteiger partial charge in [0.1, 0.15) is 12.1 Å². The lowest BCUT2D eigenvalue weighted by Gasteiger charge is -2.34. The van der Waals surface area contributed by atoms with Gasteiger partial charge in [0.15, 0.2) is 0 Å². The summed E-state index contributed by atoms with van der Waals surface area (Å²) in [5.41, 5.74) is 1.07. The Morgan fingerprint density at radius 3 is 2.30 bits per heavy atom. The van der Waals surface area contributed by atoms with Crippen LogP contribution >= 0.6 is 0 Å². The molecular weight excluding hydrogens is 416 g/mol. The van der Waals surface area contributed by atoms with Gasteiger partial charge in [-0.3, -0.25) is 14.4 Å². The van der Waals surface area contributed by atoms with E-state index in [1.54, 1.807) is 18.9 Å². The van der Waals surface area contributed by atoms with E-state index in [2.05, 4.69) is 24.5 Å². The molecule has 0 aromatic heterocycles. The normalized spacial score (nSPS) is 24.8. The van der Waals surface area contributed by atoms with Gasteiger partial charge in [0.2, 0.25) is 17.7 Å². The number of likely N-dealkylation sites (N-methyl/N-ethyl adjacent to an activating group) is 2. The summed E-state index contributed by atoms with van der Waals surface area (Å²) in [6.45, 7) is 7.22. The first-order valence-corrected chi connectivity index (χ1v) is 12.3. The molecule has 1 heterocycles. The van der Waals surface area contributed by atoms with Crippen LogP contribution in [0.2, 0.25) is 0 Å². The van der Waals surface area contributed by atoms with Crippen molar-refractivity contribution in [2.24, 2.45) is 5.92 Å². The highest BCUT2D eigenvalue weighted by molar-refractivity contribution is 5.92. The third-order valence-electron chi connectivity index (χ3n) is 6.31. The average molecular weight is 459 g/mol. The van der Waals surface area contributed by atoms with E-state index in [0.29, 0.717) is 19.4 Å². The van der Waals surface area contributed by atoms with Gasteiger partial charge in [-0.1, -0.05) is 57.0 Å². The summed E-state index contributed by atoms with van der Waals surface area (Å²) in [4.78, 5) is 42.8. The Bertz CT molecular complexity index is 768. The number of benzene rings is 1. The molecule has 184 valence electrons. The van der Waals surface area contributed by atoms with Gasteiger partial charge in [0, 0.05) is 20.6 Å². The van der Waals surface area contributed by atoms with Crippen LogP contribution in [-0.2, 0) is 20.8 Å². The van der Waals surface area contributed by atoms with Crippen molar-refractivity contribution in [1.82, 2.24) is 20.4 Å². The van der Waals surface area contributed by atoms with Crippen molar-refractivity contribution < 1.29 is 14.4 Å². The van der Waals surface area contributed by atoms with Gasteiger partial charge < -0.3 is 20.4 Å². The zero-order valence-electron chi connectivity index (χ0n) is 21.0. The molecule has 7 heteroatoms. The van der Waals surface area contributed by atoms with E-state index in [-0.39, 0.29) is 23.6 Å². The second-order valence-corrected chi connectivity index (χ2v) is 9.70. The second kappa shape index (κ2) is 13.3. The van der Waals surface area contributed by atoms with Gasteiger partial charge in [-0.25, -0.2) is 0 Å². The lowest BCUT2D eigenvalue weighted by molar-refractivity contribution is -0.146. The van der Waals surface area contributed by atoms with Gasteiger partial charge in [-0.15, -0.1) is 0 Å². The summed E-state index contributed by atoms with van der Waals surface area (Å²) in [5, 5.41) is 6.29. The highest BCUT2D eigenvalue weighted by atomic mass is 16.2. The number of amides is 3. The maximum atomic E-state index is 13.2. The molecule has 0 bridgehead atoms. The molecule has 33 heavy (non-hydrogen) atoms. The van der Waals surface area contributed by atoms with Gasteiger partial charge in [-0.2, -0.15) is 0 Å². The number of nitrogens with zero attached hydrogens (tertiary/aromatic N) is 2. The van der Waals surface area contributed by atoms with Crippen LogP contribution in [0, 0.1) is 5.92 Å². The zero-order chi connectivity index (χ0) is 24.4. The Morgan fingerprint density at radius 2 is 1.64 bits per heavy atom. The number of carbonyl (C=O) groups excluding carboxylic acids is 3. The van der Waals surface area contributed by atoms with Crippen LogP contribution in [0.15, 0.2) is 30.3 Å². The lowest BCUT2D eigenvalue weighted by atomic mass is 10.0. The molecule has 2 rings (SSSR count). The Morgan fingerprint density at radius 1 is 0.970 bits per heavy atom. The molecule has 3 amide bonds. The maximum absolute atomic E-state index is 13.2. The summed E-state index contributed by atoms with van der Waals surface area (Å²) < 4.78 is 0. The van der Waals surface area contributed by atoms with E-state index < -0.39 is 18.1 Å². The molecule has 0 spiro atoms. The van der Waals surface area contributed by atoms with Gasteiger partial charge >= 0.3 is 0 Å². The first-order chi connectivity index (χ1) is 15.7. The third-order valence-corrected chi connectivity index (χ3v) is 6.31. The van der Waals surface area contributed by atoms with E-state index in [4.69, 9.17) is 0 Å². The lowest BCUT2D eigenvalue weighted by Crippen LogP contribution is -2.56. The molecule has 2 N–H and O–H groups in total. The minimum atomic E-state index is -0.719. The van der Waals surface area contributed by atoms with Crippen molar-refractivity contribution in [3.8, 4) is 0 Å². The molecular formula is C26H42N4O3. The monoisotopic (exact) mass is 458 g/mol. The number of hydrogen-bond acceptors (Lipinski definition) is 4. The Kier molecular flexibility index (Phi) is 10.8. The van der Waals surface area contributed by atoms with Crippen LogP contribution in [0.4, 0.5) is 0 Å². The largest absolute Gasteiger partial charge is 0.344 e. The zero-order valence-corrected chi connectivity index (χ0v) is 21.0. The molecule has 0 radical (unpaired) electrons. The average Bonchev–Trinajstić information content (AvgIpc) is 2.79. The van der Waals surface area contributed by atoms with Crippen LogP contribution in [0.5, 0.6) is 0 Å². The first kappa shape index (κ1) is 26.8.